The lowest BCUT2D eigenvalue weighted by atomic mass is 10.1. The summed E-state index contributed by atoms with van der Waals surface area (Å²) in [5.41, 5.74) is 1.55. The van der Waals surface area contributed by atoms with Gasteiger partial charge in [-0.2, -0.15) is 0 Å². The quantitative estimate of drug-likeness (QED) is 0.690. The van der Waals surface area contributed by atoms with E-state index in [0.29, 0.717) is 24.5 Å². The number of halogens is 1. The molecule has 3 heterocycles. The minimum absolute atomic E-state index is 0. The van der Waals surface area contributed by atoms with E-state index in [4.69, 9.17) is 9.15 Å². The lowest BCUT2D eigenvalue weighted by molar-refractivity contribution is 0.0715. The molecular formula is C23H25ClN2O3. The summed E-state index contributed by atoms with van der Waals surface area (Å²) in [5, 5.41) is 4.57. The molecule has 6 heteroatoms. The van der Waals surface area contributed by atoms with Gasteiger partial charge in [-0.25, -0.2) is 0 Å². The first-order chi connectivity index (χ1) is 13.8. The molecule has 0 radical (unpaired) electrons. The Balaban J connectivity index is 0.00000205. The van der Waals surface area contributed by atoms with Crippen molar-refractivity contribution in [1.29, 1.82) is 0 Å². The largest absolute Gasteiger partial charge is 0.489 e. The van der Waals surface area contributed by atoms with Gasteiger partial charge in [-0.05, 0) is 37.5 Å². The zero-order valence-corrected chi connectivity index (χ0v) is 17.0. The zero-order chi connectivity index (χ0) is 18.9. The fourth-order valence-corrected chi connectivity index (χ4v) is 4.36. The summed E-state index contributed by atoms with van der Waals surface area (Å²) < 4.78 is 12.0. The Kier molecular flexibility index (Phi) is 5.79. The SMILES string of the molecule is Cl.O=C(c1oc2ccccc2c1COc1ccccc1)N1CCC2CCC(C1)N2. The van der Waals surface area contributed by atoms with Crippen molar-refractivity contribution in [2.75, 3.05) is 13.1 Å². The van der Waals surface area contributed by atoms with Gasteiger partial charge in [0.05, 0.1) is 0 Å². The van der Waals surface area contributed by atoms with Crippen LogP contribution in [0.3, 0.4) is 0 Å². The third-order valence-corrected chi connectivity index (χ3v) is 5.83. The van der Waals surface area contributed by atoms with Crippen molar-refractivity contribution in [1.82, 2.24) is 10.2 Å². The highest BCUT2D eigenvalue weighted by atomic mass is 35.5. The highest BCUT2D eigenvalue weighted by molar-refractivity contribution is 5.99. The molecule has 1 amide bonds. The normalized spacial score (nSPS) is 20.9. The Morgan fingerprint density at radius 1 is 1.03 bits per heavy atom. The second-order valence-electron chi connectivity index (χ2n) is 7.69. The number of benzene rings is 2. The van der Waals surface area contributed by atoms with Gasteiger partial charge in [-0.15, -0.1) is 12.4 Å². The highest BCUT2D eigenvalue weighted by Crippen LogP contribution is 2.29. The first-order valence-electron chi connectivity index (χ1n) is 10.0. The van der Waals surface area contributed by atoms with Gasteiger partial charge < -0.3 is 19.4 Å². The van der Waals surface area contributed by atoms with Crippen LogP contribution in [0.25, 0.3) is 11.0 Å². The maximum Gasteiger partial charge on any atom is 0.290 e. The average molecular weight is 413 g/mol. The van der Waals surface area contributed by atoms with Crippen LogP contribution < -0.4 is 10.1 Å². The summed E-state index contributed by atoms with van der Waals surface area (Å²) in [7, 11) is 0. The molecule has 2 aromatic carbocycles. The molecule has 152 valence electrons. The molecule has 0 aliphatic carbocycles. The van der Waals surface area contributed by atoms with Crippen molar-refractivity contribution in [3.63, 3.8) is 0 Å². The third kappa shape index (κ3) is 3.98. The summed E-state index contributed by atoms with van der Waals surface area (Å²) in [5.74, 6) is 1.16. The molecule has 2 unspecified atom stereocenters. The van der Waals surface area contributed by atoms with E-state index >= 15 is 0 Å². The molecule has 1 N–H and O–H groups in total. The van der Waals surface area contributed by atoms with Gasteiger partial charge in [-0.1, -0.05) is 36.4 Å². The first-order valence-corrected chi connectivity index (χ1v) is 10.0. The number of hydrogen-bond acceptors (Lipinski definition) is 4. The van der Waals surface area contributed by atoms with Crippen LogP contribution in [-0.4, -0.2) is 36.0 Å². The number of likely N-dealkylation sites (tertiary alicyclic amines) is 1. The Morgan fingerprint density at radius 3 is 2.66 bits per heavy atom. The van der Waals surface area contributed by atoms with Crippen LogP contribution in [0.4, 0.5) is 0 Å². The van der Waals surface area contributed by atoms with Gasteiger partial charge >= 0.3 is 0 Å². The van der Waals surface area contributed by atoms with Crippen molar-refractivity contribution >= 4 is 29.3 Å². The molecule has 3 aromatic rings. The summed E-state index contributed by atoms with van der Waals surface area (Å²) in [4.78, 5) is 15.3. The van der Waals surface area contributed by atoms with Crippen molar-refractivity contribution < 1.29 is 13.9 Å². The van der Waals surface area contributed by atoms with Gasteiger partial charge in [0.1, 0.15) is 17.9 Å². The molecule has 5 nitrogen and oxygen atoms in total. The Hall–Kier alpha value is -2.50. The topological polar surface area (TPSA) is 54.7 Å². The molecule has 2 aliphatic rings. The number of carbonyl (C=O) groups excluding carboxylic acids is 1. The summed E-state index contributed by atoms with van der Waals surface area (Å²) >= 11 is 0. The summed E-state index contributed by atoms with van der Waals surface area (Å²) in [6.07, 6.45) is 3.35. The van der Waals surface area contributed by atoms with Crippen molar-refractivity contribution in [3.8, 4) is 5.75 Å². The Bertz CT molecular complexity index is 988. The lowest BCUT2D eigenvalue weighted by Crippen LogP contribution is -2.39. The number of para-hydroxylation sites is 2. The van der Waals surface area contributed by atoms with Crippen LogP contribution in [0.2, 0.25) is 0 Å². The smallest absolute Gasteiger partial charge is 0.290 e. The maximum atomic E-state index is 13.4. The second kappa shape index (κ2) is 8.47. The highest BCUT2D eigenvalue weighted by Gasteiger charge is 2.33. The number of furan rings is 1. The van der Waals surface area contributed by atoms with E-state index in [-0.39, 0.29) is 18.3 Å². The monoisotopic (exact) mass is 412 g/mol. The molecule has 0 spiro atoms. The first kappa shape index (κ1) is 19.8. The van der Waals surface area contributed by atoms with Gasteiger partial charge in [0, 0.05) is 36.1 Å². The van der Waals surface area contributed by atoms with E-state index in [2.05, 4.69) is 5.32 Å². The molecule has 2 saturated heterocycles. The van der Waals surface area contributed by atoms with E-state index < -0.39 is 0 Å². The van der Waals surface area contributed by atoms with Crippen LogP contribution in [-0.2, 0) is 6.61 Å². The van der Waals surface area contributed by atoms with E-state index in [9.17, 15) is 4.79 Å². The molecule has 5 rings (SSSR count). The average Bonchev–Trinajstić information content (AvgIpc) is 3.26. The fourth-order valence-electron chi connectivity index (χ4n) is 4.36. The number of ether oxygens (including phenoxy) is 1. The number of fused-ring (bicyclic) bond motifs is 3. The number of nitrogens with zero attached hydrogens (tertiary/aromatic N) is 1. The molecule has 29 heavy (non-hydrogen) atoms. The van der Waals surface area contributed by atoms with E-state index in [1.807, 2.05) is 59.5 Å². The number of hydrogen-bond donors (Lipinski definition) is 1. The summed E-state index contributed by atoms with van der Waals surface area (Å²) in [6, 6.07) is 18.4. The van der Waals surface area contributed by atoms with E-state index in [0.717, 1.165) is 48.2 Å². The van der Waals surface area contributed by atoms with Gasteiger partial charge in [-0.3, -0.25) is 4.79 Å². The predicted molar refractivity (Wildman–Crippen MR) is 115 cm³/mol. The molecule has 2 fully saturated rings. The number of carbonyl (C=O) groups is 1. The van der Waals surface area contributed by atoms with Crippen molar-refractivity contribution in [3.05, 3.63) is 65.9 Å². The number of rotatable bonds is 4. The maximum absolute atomic E-state index is 13.4. The molecule has 0 saturated carbocycles. The van der Waals surface area contributed by atoms with Crippen LogP contribution >= 0.6 is 12.4 Å². The van der Waals surface area contributed by atoms with Gasteiger partial charge in [0.25, 0.3) is 5.91 Å². The number of amides is 1. The van der Waals surface area contributed by atoms with Crippen LogP contribution in [0, 0.1) is 0 Å². The van der Waals surface area contributed by atoms with Crippen LogP contribution in [0.5, 0.6) is 5.75 Å². The van der Waals surface area contributed by atoms with Crippen molar-refractivity contribution in [2.45, 2.75) is 38.0 Å². The molecule has 2 atom stereocenters. The van der Waals surface area contributed by atoms with Gasteiger partial charge in [0.2, 0.25) is 0 Å². The Labute approximate surface area is 176 Å². The molecule has 1 aromatic heterocycles. The van der Waals surface area contributed by atoms with Crippen LogP contribution in [0.1, 0.15) is 35.4 Å². The zero-order valence-electron chi connectivity index (χ0n) is 16.2. The molecule has 2 aliphatic heterocycles. The van der Waals surface area contributed by atoms with E-state index in [1.54, 1.807) is 0 Å². The lowest BCUT2D eigenvalue weighted by Gasteiger charge is -2.23. The second-order valence-corrected chi connectivity index (χ2v) is 7.69. The Morgan fingerprint density at radius 2 is 1.79 bits per heavy atom. The van der Waals surface area contributed by atoms with Crippen molar-refractivity contribution in [2.24, 2.45) is 0 Å². The van der Waals surface area contributed by atoms with Gasteiger partial charge in [0.15, 0.2) is 5.76 Å². The fraction of sp³-hybridized carbons (Fsp3) is 0.348. The third-order valence-electron chi connectivity index (χ3n) is 5.83. The molecule has 2 bridgehead atoms. The van der Waals surface area contributed by atoms with Crippen LogP contribution in [0.15, 0.2) is 59.0 Å². The predicted octanol–water partition coefficient (Wildman–Crippen LogP) is 4.40. The summed E-state index contributed by atoms with van der Waals surface area (Å²) in [6.45, 7) is 1.81. The number of nitrogens with one attached hydrogen (secondary N) is 1. The molecular weight excluding hydrogens is 388 g/mol. The van der Waals surface area contributed by atoms with E-state index in [1.165, 1.54) is 6.42 Å². The minimum atomic E-state index is -0.0304. The standard InChI is InChI=1S/C23H24N2O3.ClH/c26-23(25-13-12-16-10-11-17(14-25)24-16)22-20(15-27-18-6-2-1-3-7-18)19-8-4-5-9-21(19)28-22;/h1-9,16-17,24H,10-15H2;1H. The minimum Gasteiger partial charge on any atom is -0.489 e.